The van der Waals surface area contributed by atoms with Gasteiger partial charge in [0.05, 0.1) is 6.61 Å². The standard InChI is InChI=1S/C13H21N3O3/c1-15-8-11(12(17)16(2)13(15)18)7-14-6-10-4-3-5-19-9-10/h8,10,14H,3-7,9H2,1-2H3. The van der Waals surface area contributed by atoms with Crippen LogP contribution in [-0.2, 0) is 25.4 Å². The second-order valence-electron chi connectivity index (χ2n) is 5.13. The molecule has 0 amide bonds. The highest BCUT2D eigenvalue weighted by molar-refractivity contribution is 5.05. The molecule has 1 aliphatic rings. The van der Waals surface area contributed by atoms with Gasteiger partial charge in [-0.3, -0.25) is 9.36 Å². The van der Waals surface area contributed by atoms with Crippen molar-refractivity contribution < 1.29 is 4.74 Å². The molecule has 106 valence electrons. The van der Waals surface area contributed by atoms with Crippen LogP contribution in [0.25, 0.3) is 0 Å². The third kappa shape index (κ3) is 3.33. The van der Waals surface area contributed by atoms with Gasteiger partial charge in [-0.15, -0.1) is 0 Å². The maximum atomic E-state index is 11.9. The van der Waals surface area contributed by atoms with Crippen molar-refractivity contribution in [2.24, 2.45) is 20.0 Å². The molecular weight excluding hydrogens is 246 g/mol. The lowest BCUT2D eigenvalue weighted by Gasteiger charge is -2.22. The Morgan fingerprint density at radius 3 is 2.89 bits per heavy atom. The third-order valence-corrected chi connectivity index (χ3v) is 3.52. The molecule has 19 heavy (non-hydrogen) atoms. The Labute approximate surface area is 112 Å². The maximum absolute atomic E-state index is 11.9. The minimum atomic E-state index is -0.297. The first kappa shape index (κ1) is 14.0. The zero-order valence-corrected chi connectivity index (χ0v) is 11.5. The number of aryl methyl sites for hydroxylation is 1. The summed E-state index contributed by atoms with van der Waals surface area (Å²) in [6.07, 6.45) is 3.88. The van der Waals surface area contributed by atoms with Crippen LogP contribution in [0.3, 0.4) is 0 Å². The molecule has 1 unspecified atom stereocenters. The molecule has 0 saturated carbocycles. The van der Waals surface area contributed by atoms with Gasteiger partial charge in [-0.1, -0.05) is 0 Å². The van der Waals surface area contributed by atoms with E-state index >= 15 is 0 Å². The van der Waals surface area contributed by atoms with E-state index in [1.807, 2.05) is 0 Å². The first-order valence-corrected chi connectivity index (χ1v) is 6.63. The van der Waals surface area contributed by atoms with Crippen molar-refractivity contribution in [3.63, 3.8) is 0 Å². The summed E-state index contributed by atoms with van der Waals surface area (Å²) in [7, 11) is 3.16. The molecule has 2 rings (SSSR count). The van der Waals surface area contributed by atoms with E-state index in [-0.39, 0.29) is 11.2 Å². The van der Waals surface area contributed by atoms with Crippen LogP contribution in [-0.4, -0.2) is 28.9 Å². The highest BCUT2D eigenvalue weighted by Gasteiger charge is 2.13. The quantitative estimate of drug-likeness (QED) is 0.806. The first-order chi connectivity index (χ1) is 9.09. The highest BCUT2D eigenvalue weighted by atomic mass is 16.5. The van der Waals surface area contributed by atoms with Gasteiger partial charge in [-0.05, 0) is 18.8 Å². The van der Waals surface area contributed by atoms with Crippen LogP contribution >= 0.6 is 0 Å². The molecule has 0 bridgehead atoms. The topological polar surface area (TPSA) is 65.3 Å². The predicted octanol–water partition coefficient (Wildman–Crippen LogP) is -0.400. The van der Waals surface area contributed by atoms with Gasteiger partial charge in [0.25, 0.3) is 5.56 Å². The fourth-order valence-electron chi connectivity index (χ4n) is 2.38. The van der Waals surface area contributed by atoms with Crippen LogP contribution in [0.15, 0.2) is 15.8 Å². The summed E-state index contributed by atoms with van der Waals surface area (Å²) in [5.74, 6) is 0.519. The highest BCUT2D eigenvalue weighted by Crippen LogP contribution is 2.12. The Morgan fingerprint density at radius 2 is 2.21 bits per heavy atom. The van der Waals surface area contributed by atoms with E-state index in [2.05, 4.69) is 5.32 Å². The van der Waals surface area contributed by atoms with Crippen LogP contribution in [0.4, 0.5) is 0 Å². The Kier molecular flexibility index (Phi) is 4.55. The second kappa shape index (κ2) is 6.16. The van der Waals surface area contributed by atoms with E-state index < -0.39 is 0 Å². The van der Waals surface area contributed by atoms with E-state index in [0.717, 1.165) is 37.2 Å². The number of hydrogen-bond acceptors (Lipinski definition) is 4. The molecule has 1 fully saturated rings. The Hall–Kier alpha value is -1.40. The van der Waals surface area contributed by atoms with E-state index in [1.165, 1.54) is 11.6 Å². The summed E-state index contributed by atoms with van der Waals surface area (Å²) in [5, 5.41) is 3.28. The van der Waals surface area contributed by atoms with Crippen LogP contribution in [0.5, 0.6) is 0 Å². The molecule has 1 aromatic rings. The number of ether oxygens (including phenoxy) is 1. The Bertz CT molecular complexity index is 541. The summed E-state index contributed by atoms with van der Waals surface area (Å²) >= 11 is 0. The minimum absolute atomic E-state index is 0.226. The van der Waals surface area contributed by atoms with Gasteiger partial charge in [-0.2, -0.15) is 0 Å². The van der Waals surface area contributed by atoms with E-state index in [4.69, 9.17) is 4.74 Å². The summed E-state index contributed by atoms with van der Waals surface area (Å²) in [4.78, 5) is 23.5. The van der Waals surface area contributed by atoms with Gasteiger partial charge in [0.15, 0.2) is 0 Å². The normalized spacial score (nSPS) is 19.6. The second-order valence-corrected chi connectivity index (χ2v) is 5.13. The van der Waals surface area contributed by atoms with Crippen molar-refractivity contribution in [2.75, 3.05) is 19.8 Å². The molecule has 0 aromatic carbocycles. The molecule has 1 aliphatic heterocycles. The van der Waals surface area contributed by atoms with Crippen molar-refractivity contribution in [3.05, 3.63) is 32.6 Å². The predicted molar refractivity (Wildman–Crippen MR) is 72.2 cm³/mol. The van der Waals surface area contributed by atoms with Gasteiger partial charge in [0.2, 0.25) is 0 Å². The van der Waals surface area contributed by atoms with E-state index in [0.29, 0.717) is 18.0 Å². The zero-order chi connectivity index (χ0) is 13.8. The van der Waals surface area contributed by atoms with Gasteiger partial charge in [0, 0.05) is 45.6 Å². The van der Waals surface area contributed by atoms with Crippen LogP contribution in [0.2, 0.25) is 0 Å². The fourth-order valence-corrected chi connectivity index (χ4v) is 2.38. The van der Waals surface area contributed by atoms with Crippen molar-refractivity contribution in [3.8, 4) is 0 Å². The van der Waals surface area contributed by atoms with Crippen molar-refractivity contribution >= 4 is 0 Å². The lowest BCUT2D eigenvalue weighted by atomic mass is 10.0. The van der Waals surface area contributed by atoms with Gasteiger partial charge in [0.1, 0.15) is 0 Å². The van der Waals surface area contributed by atoms with Crippen LogP contribution in [0, 0.1) is 5.92 Å². The number of nitrogens with zero attached hydrogens (tertiary/aromatic N) is 2. The molecule has 1 atom stereocenters. The number of rotatable bonds is 4. The smallest absolute Gasteiger partial charge is 0.330 e. The molecular formula is C13H21N3O3. The summed E-state index contributed by atoms with van der Waals surface area (Å²) in [6, 6.07) is 0. The molecule has 0 spiro atoms. The van der Waals surface area contributed by atoms with Crippen LogP contribution in [0.1, 0.15) is 18.4 Å². The average Bonchev–Trinajstić information content (AvgIpc) is 2.43. The summed E-state index contributed by atoms with van der Waals surface area (Å²) in [6.45, 7) is 2.97. The summed E-state index contributed by atoms with van der Waals surface area (Å²) in [5.41, 5.74) is 0.0891. The molecule has 0 aliphatic carbocycles. The van der Waals surface area contributed by atoms with Gasteiger partial charge in [-0.25, -0.2) is 4.79 Å². The van der Waals surface area contributed by atoms with Crippen LogP contribution < -0.4 is 16.6 Å². The molecule has 2 heterocycles. The number of aromatic nitrogens is 2. The maximum Gasteiger partial charge on any atom is 0.330 e. The SMILES string of the molecule is Cn1cc(CNCC2CCCOC2)c(=O)n(C)c1=O. The number of hydrogen-bond donors (Lipinski definition) is 1. The zero-order valence-electron chi connectivity index (χ0n) is 11.5. The minimum Gasteiger partial charge on any atom is -0.381 e. The van der Waals surface area contributed by atoms with Crippen molar-refractivity contribution in [1.29, 1.82) is 0 Å². The molecule has 6 heteroatoms. The molecule has 0 radical (unpaired) electrons. The van der Waals surface area contributed by atoms with E-state index in [9.17, 15) is 9.59 Å². The molecule has 1 N–H and O–H groups in total. The van der Waals surface area contributed by atoms with Crippen molar-refractivity contribution in [1.82, 2.24) is 14.5 Å². The Balaban J connectivity index is 1.96. The fraction of sp³-hybridized carbons (Fsp3) is 0.692. The largest absolute Gasteiger partial charge is 0.381 e. The monoisotopic (exact) mass is 267 g/mol. The first-order valence-electron chi connectivity index (χ1n) is 6.63. The number of nitrogens with one attached hydrogen (secondary N) is 1. The molecule has 1 aromatic heterocycles. The lowest BCUT2D eigenvalue weighted by molar-refractivity contribution is 0.0547. The molecule has 1 saturated heterocycles. The average molecular weight is 267 g/mol. The summed E-state index contributed by atoms with van der Waals surface area (Å²) < 4.78 is 7.98. The third-order valence-electron chi connectivity index (χ3n) is 3.52. The van der Waals surface area contributed by atoms with Gasteiger partial charge < -0.3 is 14.6 Å². The Morgan fingerprint density at radius 1 is 1.42 bits per heavy atom. The molecule has 6 nitrogen and oxygen atoms in total. The van der Waals surface area contributed by atoms with E-state index in [1.54, 1.807) is 13.2 Å². The van der Waals surface area contributed by atoms with Crippen molar-refractivity contribution in [2.45, 2.75) is 19.4 Å². The lowest BCUT2D eigenvalue weighted by Crippen LogP contribution is -2.40. The van der Waals surface area contributed by atoms with Gasteiger partial charge >= 0.3 is 5.69 Å².